The molecule has 0 saturated carbocycles. The van der Waals surface area contributed by atoms with Crippen molar-refractivity contribution < 1.29 is 22.7 Å². The second-order valence-corrected chi connectivity index (χ2v) is 6.27. The van der Waals surface area contributed by atoms with Crippen molar-refractivity contribution in [1.82, 2.24) is 0 Å². The number of anilines is 1. The SMILES string of the molecule is CC1CS(=O)(=O)c2ccc(F)cc2N1CC(=O)O. The van der Waals surface area contributed by atoms with E-state index in [1.54, 1.807) is 6.92 Å². The Labute approximate surface area is 104 Å². The molecule has 1 aromatic carbocycles. The third kappa shape index (κ3) is 2.17. The van der Waals surface area contributed by atoms with Gasteiger partial charge in [-0.05, 0) is 25.1 Å². The number of benzene rings is 1. The fraction of sp³-hybridized carbons (Fsp3) is 0.364. The molecule has 0 radical (unpaired) electrons. The first kappa shape index (κ1) is 12.8. The summed E-state index contributed by atoms with van der Waals surface area (Å²) >= 11 is 0. The van der Waals surface area contributed by atoms with Crippen molar-refractivity contribution in [3.63, 3.8) is 0 Å². The standard InChI is InChI=1S/C11H12FNO4S/c1-7-6-18(16,17)10-3-2-8(12)4-9(10)13(7)5-11(14)15/h2-4,7H,5-6H2,1H3,(H,14,15). The summed E-state index contributed by atoms with van der Waals surface area (Å²) in [5.41, 5.74) is 0.121. The van der Waals surface area contributed by atoms with Crippen LogP contribution in [0.25, 0.3) is 0 Å². The molecule has 0 bridgehead atoms. The maximum atomic E-state index is 13.2. The van der Waals surface area contributed by atoms with Crippen LogP contribution in [0.15, 0.2) is 23.1 Å². The van der Waals surface area contributed by atoms with Gasteiger partial charge >= 0.3 is 5.97 Å². The number of carboxylic acids is 1. The van der Waals surface area contributed by atoms with Crippen LogP contribution in [-0.4, -0.2) is 37.8 Å². The van der Waals surface area contributed by atoms with Crippen LogP contribution in [0.5, 0.6) is 0 Å². The summed E-state index contributed by atoms with van der Waals surface area (Å²) in [5.74, 6) is -1.84. The van der Waals surface area contributed by atoms with Gasteiger partial charge in [0, 0.05) is 6.04 Å². The molecule has 1 heterocycles. The van der Waals surface area contributed by atoms with E-state index in [9.17, 15) is 17.6 Å². The number of sulfone groups is 1. The summed E-state index contributed by atoms with van der Waals surface area (Å²) in [4.78, 5) is 12.2. The fourth-order valence-corrected chi connectivity index (χ4v) is 3.86. The molecule has 0 fully saturated rings. The number of aliphatic carboxylic acids is 1. The lowest BCUT2D eigenvalue weighted by Crippen LogP contribution is -2.45. The molecule has 1 aliphatic rings. The van der Waals surface area contributed by atoms with E-state index in [0.29, 0.717) is 0 Å². The quantitative estimate of drug-likeness (QED) is 0.810. The average molecular weight is 273 g/mol. The van der Waals surface area contributed by atoms with Crippen molar-refractivity contribution in [2.45, 2.75) is 17.9 Å². The molecular weight excluding hydrogens is 261 g/mol. The highest BCUT2D eigenvalue weighted by Crippen LogP contribution is 2.33. The Morgan fingerprint density at radius 2 is 2.22 bits per heavy atom. The third-order valence-electron chi connectivity index (χ3n) is 2.86. The Bertz CT molecular complexity index is 599. The van der Waals surface area contributed by atoms with Crippen molar-refractivity contribution in [1.29, 1.82) is 0 Å². The number of halogens is 1. The third-order valence-corrected chi connectivity index (χ3v) is 4.80. The van der Waals surface area contributed by atoms with Crippen molar-refractivity contribution in [3.8, 4) is 0 Å². The highest BCUT2D eigenvalue weighted by molar-refractivity contribution is 7.91. The van der Waals surface area contributed by atoms with Crippen molar-refractivity contribution in [2.75, 3.05) is 17.2 Å². The summed E-state index contributed by atoms with van der Waals surface area (Å²) in [6, 6.07) is 2.80. The predicted molar refractivity (Wildman–Crippen MR) is 62.9 cm³/mol. The first-order valence-corrected chi connectivity index (χ1v) is 6.97. The smallest absolute Gasteiger partial charge is 0.323 e. The zero-order valence-electron chi connectivity index (χ0n) is 9.63. The fourth-order valence-electron chi connectivity index (χ4n) is 2.10. The molecule has 0 aromatic heterocycles. The Morgan fingerprint density at radius 1 is 1.56 bits per heavy atom. The van der Waals surface area contributed by atoms with Gasteiger partial charge in [0.05, 0.1) is 16.3 Å². The van der Waals surface area contributed by atoms with Gasteiger partial charge < -0.3 is 10.0 Å². The van der Waals surface area contributed by atoms with Gasteiger partial charge in [-0.3, -0.25) is 4.79 Å². The highest BCUT2D eigenvalue weighted by Gasteiger charge is 2.34. The predicted octanol–water partition coefficient (Wildman–Crippen LogP) is 0.893. The van der Waals surface area contributed by atoms with Gasteiger partial charge in [0.1, 0.15) is 12.4 Å². The molecule has 1 atom stereocenters. The molecule has 0 saturated heterocycles. The topological polar surface area (TPSA) is 74.7 Å². The summed E-state index contributed by atoms with van der Waals surface area (Å²) in [5, 5.41) is 8.82. The van der Waals surface area contributed by atoms with Crippen molar-refractivity contribution in [2.24, 2.45) is 0 Å². The number of carboxylic acid groups (broad SMARTS) is 1. The van der Waals surface area contributed by atoms with Crippen LogP contribution in [0, 0.1) is 5.82 Å². The monoisotopic (exact) mass is 273 g/mol. The highest BCUT2D eigenvalue weighted by atomic mass is 32.2. The largest absolute Gasteiger partial charge is 0.480 e. The molecule has 2 rings (SSSR count). The second-order valence-electron chi connectivity index (χ2n) is 4.26. The Balaban J connectivity index is 2.59. The van der Waals surface area contributed by atoms with Gasteiger partial charge in [-0.25, -0.2) is 12.8 Å². The van der Waals surface area contributed by atoms with E-state index in [2.05, 4.69) is 0 Å². The number of hydrogen-bond acceptors (Lipinski definition) is 4. The minimum absolute atomic E-state index is 0.0109. The Kier molecular flexibility index (Phi) is 3.02. The molecule has 0 amide bonds. The lowest BCUT2D eigenvalue weighted by molar-refractivity contribution is -0.135. The van der Waals surface area contributed by atoms with Gasteiger partial charge in [-0.15, -0.1) is 0 Å². The number of hydrogen-bond donors (Lipinski definition) is 1. The van der Waals surface area contributed by atoms with E-state index in [4.69, 9.17) is 5.11 Å². The summed E-state index contributed by atoms with van der Waals surface area (Å²) in [7, 11) is -3.48. The minimum atomic E-state index is -3.48. The molecular formula is C11H12FNO4S. The van der Waals surface area contributed by atoms with Gasteiger partial charge in [-0.1, -0.05) is 0 Å². The molecule has 0 spiro atoms. The summed E-state index contributed by atoms with van der Waals surface area (Å²) in [6.45, 7) is 1.25. The van der Waals surface area contributed by atoms with E-state index in [1.165, 1.54) is 11.0 Å². The molecule has 1 unspecified atom stereocenters. The first-order chi connectivity index (χ1) is 8.31. The van der Waals surface area contributed by atoms with Crippen LogP contribution in [-0.2, 0) is 14.6 Å². The average Bonchev–Trinajstić information content (AvgIpc) is 2.22. The van der Waals surface area contributed by atoms with Crippen LogP contribution in [0.3, 0.4) is 0 Å². The molecule has 1 aromatic rings. The maximum Gasteiger partial charge on any atom is 0.323 e. The van der Waals surface area contributed by atoms with Gasteiger partial charge in [-0.2, -0.15) is 0 Å². The second kappa shape index (κ2) is 4.24. The van der Waals surface area contributed by atoms with Gasteiger partial charge in [0.15, 0.2) is 9.84 Å². The van der Waals surface area contributed by atoms with Crippen LogP contribution < -0.4 is 4.90 Å². The lowest BCUT2D eigenvalue weighted by atomic mass is 10.2. The zero-order chi connectivity index (χ0) is 13.5. The number of fused-ring (bicyclic) bond motifs is 1. The Hall–Kier alpha value is -1.63. The molecule has 7 heteroatoms. The zero-order valence-corrected chi connectivity index (χ0v) is 10.4. The number of rotatable bonds is 2. The normalized spacial score (nSPS) is 21.4. The maximum absolute atomic E-state index is 13.2. The van der Waals surface area contributed by atoms with E-state index >= 15 is 0 Å². The molecule has 0 aliphatic carbocycles. The number of carbonyl (C=O) groups is 1. The van der Waals surface area contributed by atoms with E-state index in [-0.39, 0.29) is 22.9 Å². The Morgan fingerprint density at radius 3 is 2.83 bits per heavy atom. The molecule has 18 heavy (non-hydrogen) atoms. The number of nitrogens with zero attached hydrogens (tertiary/aromatic N) is 1. The van der Waals surface area contributed by atoms with Crippen LogP contribution in [0.1, 0.15) is 6.92 Å². The van der Waals surface area contributed by atoms with Crippen LogP contribution in [0.4, 0.5) is 10.1 Å². The van der Waals surface area contributed by atoms with Crippen LogP contribution in [0.2, 0.25) is 0 Å². The van der Waals surface area contributed by atoms with E-state index in [1.807, 2.05) is 0 Å². The summed E-state index contributed by atoms with van der Waals surface area (Å²) in [6.07, 6.45) is 0. The van der Waals surface area contributed by atoms with Crippen molar-refractivity contribution >= 4 is 21.5 Å². The first-order valence-electron chi connectivity index (χ1n) is 5.32. The minimum Gasteiger partial charge on any atom is -0.480 e. The summed E-state index contributed by atoms with van der Waals surface area (Å²) < 4.78 is 37.1. The van der Waals surface area contributed by atoms with Gasteiger partial charge in [0.2, 0.25) is 0 Å². The van der Waals surface area contributed by atoms with Gasteiger partial charge in [0.25, 0.3) is 0 Å². The van der Waals surface area contributed by atoms with E-state index in [0.717, 1.165) is 12.1 Å². The lowest BCUT2D eigenvalue weighted by Gasteiger charge is -2.35. The molecule has 1 aliphatic heterocycles. The van der Waals surface area contributed by atoms with Crippen LogP contribution >= 0.6 is 0 Å². The van der Waals surface area contributed by atoms with Crippen molar-refractivity contribution in [3.05, 3.63) is 24.0 Å². The molecule has 98 valence electrons. The molecule has 1 N–H and O–H groups in total. The molecule has 5 nitrogen and oxygen atoms in total. The van der Waals surface area contributed by atoms with E-state index < -0.39 is 27.7 Å².